The summed E-state index contributed by atoms with van der Waals surface area (Å²) in [5, 5.41) is 2.30. The molecule has 88 valence electrons. The minimum Gasteiger partial charge on any atom is -0.369 e. The molecule has 0 fully saturated rings. The number of carbonyl (C=O) groups is 1. The fraction of sp³-hybridized carbons (Fsp3) is 0. The number of hydrogen-bond donors (Lipinski definition) is 3. The molecule has 0 atom stereocenters. The van der Waals surface area contributed by atoms with Gasteiger partial charge in [-0.15, -0.1) is 0 Å². The Morgan fingerprint density at radius 2 is 2.29 bits per heavy atom. The molecule has 0 saturated heterocycles. The Hall–Kier alpha value is -2.08. The second kappa shape index (κ2) is 4.42. The van der Waals surface area contributed by atoms with Gasteiger partial charge < -0.3 is 16.0 Å². The maximum Gasteiger partial charge on any atom is 0.273 e. The summed E-state index contributed by atoms with van der Waals surface area (Å²) >= 11 is 5.69. The van der Waals surface area contributed by atoms with Crippen LogP contribution in [0.25, 0.3) is 0 Å². The zero-order valence-corrected chi connectivity index (χ0v) is 9.25. The maximum atomic E-state index is 13.1. The molecule has 2 rings (SSSR count). The van der Waals surface area contributed by atoms with Crippen molar-refractivity contribution in [3.8, 4) is 0 Å². The van der Waals surface area contributed by atoms with Crippen molar-refractivity contribution in [3.05, 3.63) is 40.9 Å². The molecule has 0 aliphatic carbocycles. The summed E-state index contributed by atoms with van der Waals surface area (Å²) in [5.41, 5.74) is 5.69. The molecule has 17 heavy (non-hydrogen) atoms. The van der Waals surface area contributed by atoms with E-state index < -0.39 is 11.7 Å². The van der Waals surface area contributed by atoms with Crippen LogP contribution in [0.5, 0.6) is 0 Å². The number of aromatic amines is 1. The number of nitrogen functional groups attached to an aromatic ring is 1. The fourth-order valence-electron chi connectivity index (χ4n) is 1.24. The molecule has 7 heteroatoms. The average Bonchev–Trinajstić information content (AvgIpc) is 2.72. The lowest BCUT2D eigenvalue weighted by atomic mass is 10.3. The summed E-state index contributed by atoms with van der Waals surface area (Å²) in [5.74, 6) is -0.976. The second-order valence-corrected chi connectivity index (χ2v) is 3.62. The number of anilines is 2. The molecular formula is C10H8ClFN4O. The van der Waals surface area contributed by atoms with E-state index in [1.807, 2.05) is 0 Å². The van der Waals surface area contributed by atoms with Crippen molar-refractivity contribution in [2.24, 2.45) is 0 Å². The Morgan fingerprint density at radius 3 is 2.94 bits per heavy atom. The maximum absolute atomic E-state index is 13.1. The highest BCUT2D eigenvalue weighted by atomic mass is 35.5. The van der Waals surface area contributed by atoms with Gasteiger partial charge in [-0.2, -0.15) is 0 Å². The monoisotopic (exact) mass is 254 g/mol. The molecule has 0 bridgehead atoms. The molecule has 2 aromatic rings. The average molecular weight is 255 g/mol. The van der Waals surface area contributed by atoms with Crippen LogP contribution < -0.4 is 11.1 Å². The predicted octanol–water partition coefficient (Wildman–Crippen LogP) is 2.04. The molecule has 1 amide bonds. The van der Waals surface area contributed by atoms with Gasteiger partial charge in [-0.05, 0) is 12.1 Å². The molecular weight excluding hydrogens is 247 g/mol. The second-order valence-electron chi connectivity index (χ2n) is 3.24. The van der Waals surface area contributed by atoms with E-state index in [1.54, 1.807) is 0 Å². The number of nitrogens with two attached hydrogens (primary N) is 1. The Kier molecular flexibility index (Phi) is 2.97. The summed E-state index contributed by atoms with van der Waals surface area (Å²) in [6, 6.07) is 4.13. The molecule has 0 aliphatic heterocycles. The number of halogens is 2. The first-order chi connectivity index (χ1) is 8.08. The topological polar surface area (TPSA) is 83.8 Å². The van der Waals surface area contributed by atoms with Crippen LogP contribution in [0.3, 0.4) is 0 Å². The number of hydrogen-bond acceptors (Lipinski definition) is 3. The summed E-state index contributed by atoms with van der Waals surface area (Å²) < 4.78 is 13.1. The zero-order chi connectivity index (χ0) is 12.4. The third-order valence-electron chi connectivity index (χ3n) is 2.04. The number of imidazole rings is 1. The van der Waals surface area contributed by atoms with Gasteiger partial charge in [-0.3, -0.25) is 4.79 Å². The lowest BCUT2D eigenvalue weighted by molar-refractivity contribution is 0.102. The van der Waals surface area contributed by atoms with Crippen LogP contribution >= 0.6 is 11.6 Å². The largest absolute Gasteiger partial charge is 0.369 e. The Balaban J connectivity index is 2.21. The van der Waals surface area contributed by atoms with Crippen molar-refractivity contribution in [1.29, 1.82) is 0 Å². The predicted molar refractivity (Wildman–Crippen MR) is 62.4 cm³/mol. The van der Waals surface area contributed by atoms with E-state index in [4.69, 9.17) is 17.3 Å². The van der Waals surface area contributed by atoms with E-state index in [0.29, 0.717) is 0 Å². The van der Waals surface area contributed by atoms with Gasteiger partial charge in [0, 0.05) is 0 Å². The van der Waals surface area contributed by atoms with Gasteiger partial charge >= 0.3 is 0 Å². The SMILES string of the molecule is Nc1ncc(C(=O)Nc2cccc(F)c2Cl)[nH]1. The van der Waals surface area contributed by atoms with Gasteiger partial charge in [0.2, 0.25) is 0 Å². The van der Waals surface area contributed by atoms with Gasteiger partial charge in [0.25, 0.3) is 5.91 Å². The fourth-order valence-corrected chi connectivity index (χ4v) is 1.42. The van der Waals surface area contributed by atoms with Crippen LogP contribution in [-0.4, -0.2) is 15.9 Å². The highest BCUT2D eigenvalue weighted by Gasteiger charge is 2.12. The molecule has 4 N–H and O–H groups in total. The minimum atomic E-state index is -0.603. The first-order valence-electron chi connectivity index (χ1n) is 4.64. The van der Waals surface area contributed by atoms with Gasteiger partial charge in [-0.25, -0.2) is 9.37 Å². The molecule has 1 heterocycles. The van der Waals surface area contributed by atoms with E-state index >= 15 is 0 Å². The molecule has 0 saturated carbocycles. The Labute approximate surface area is 101 Å². The smallest absolute Gasteiger partial charge is 0.273 e. The highest BCUT2D eigenvalue weighted by Crippen LogP contribution is 2.24. The number of aromatic nitrogens is 2. The van der Waals surface area contributed by atoms with E-state index in [2.05, 4.69) is 15.3 Å². The van der Waals surface area contributed by atoms with Crippen LogP contribution in [-0.2, 0) is 0 Å². The molecule has 1 aromatic heterocycles. The molecule has 0 aliphatic rings. The third-order valence-corrected chi connectivity index (χ3v) is 2.42. The molecule has 1 aromatic carbocycles. The molecule has 0 spiro atoms. The van der Waals surface area contributed by atoms with Crippen molar-refractivity contribution in [2.45, 2.75) is 0 Å². The van der Waals surface area contributed by atoms with E-state index in [-0.39, 0.29) is 22.4 Å². The number of rotatable bonds is 2. The number of nitrogens with zero attached hydrogens (tertiary/aromatic N) is 1. The number of amides is 1. The summed E-state index contributed by atoms with van der Waals surface area (Å²) in [6.07, 6.45) is 1.28. The normalized spacial score (nSPS) is 10.2. The van der Waals surface area contributed by atoms with Gasteiger partial charge in [0.15, 0.2) is 5.95 Å². The molecule has 5 nitrogen and oxygen atoms in total. The number of nitrogens with one attached hydrogen (secondary N) is 2. The summed E-state index contributed by atoms with van der Waals surface area (Å²) in [7, 11) is 0. The Morgan fingerprint density at radius 1 is 1.53 bits per heavy atom. The molecule has 0 unspecified atom stereocenters. The van der Waals surface area contributed by atoms with Crippen molar-refractivity contribution in [2.75, 3.05) is 11.1 Å². The summed E-state index contributed by atoms with van der Waals surface area (Å²) in [6.45, 7) is 0. The van der Waals surface area contributed by atoms with Crippen molar-refractivity contribution in [3.63, 3.8) is 0 Å². The zero-order valence-electron chi connectivity index (χ0n) is 8.50. The minimum absolute atomic E-state index is 0.125. The lowest BCUT2D eigenvalue weighted by Gasteiger charge is -2.05. The van der Waals surface area contributed by atoms with Gasteiger partial charge in [-0.1, -0.05) is 17.7 Å². The first kappa shape index (κ1) is 11.4. The van der Waals surface area contributed by atoms with Crippen LogP contribution in [0.15, 0.2) is 24.4 Å². The van der Waals surface area contributed by atoms with Crippen LogP contribution in [0.2, 0.25) is 5.02 Å². The van der Waals surface area contributed by atoms with Crippen LogP contribution in [0.1, 0.15) is 10.5 Å². The number of benzene rings is 1. The van der Waals surface area contributed by atoms with Crippen LogP contribution in [0, 0.1) is 5.82 Å². The lowest BCUT2D eigenvalue weighted by Crippen LogP contribution is -2.13. The van der Waals surface area contributed by atoms with Gasteiger partial charge in [0.1, 0.15) is 11.5 Å². The number of carbonyl (C=O) groups excluding carboxylic acids is 1. The highest BCUT2D eigenvalue weighted by molar-refractivity contribution is 6.34. The van der Waals surface area contributed by atoms with Gasteiger partial charge in [0.05, 0.1) is 16.9 Å². The first-order valence-corrected chi connectivity index (χ1v) is 5.01. The summed E-state index contributed by atoms with van der Waals surface area (Å²) in [4.78, 5) is 17.9. The van der Waals surface area contributed by atoms with Crippen molar-refractivity contribution < 1.29 is 9.18 Å². The Bertz CT molecular complexity index is 569. The van der Waals surface area contributed by atoms with Crippen molar-refractivity contribution >= 4 is 29.1 Å². The quantitative estimate of drug-likeness (QED) is 0.767. The molecule has 0 radical (unpaired) electrons. The standard InChI is InChI=1S/C10H8ClFN4O/c11-8-5(12)2-1-3-6(8)15-9(17)7-4-14-10(13)16-7/h1-4H,(H,15,17)(H3,13,14,16). The van der Waals surface area contributed by atoms with E-state index in [9.17, 15) is 9.18 Å². The van der Waals surface area contributed by atoms with E-state index in [0.717, 1.165) is 0 Å². The number of H-pyrrole nitrogens is 1. The van der Waals surface area contributed by atoms with Crippen LogP contribution in [0.4, 0.5) is 16.0 Å². The van der Waals surface area contributed by atoms with Crippen molar-refractivity contribution in [1.82, 2.24) is 9.97 Å². The van der Waals surface area contributed by atoms with E-state index in [1.165, 1.54) is 24.4 Å². The third kappa shape index (κ3) is 2.36.